The number of nitrogens with zero attached hydrogens (tertiary/aromatic N) is 1. The molecule has 3 heteroatoms. The van der Waals surface area contributed by atoms with E-state index in [4.69, 9.17) is 5.11 Å². The van der Waals surface area contributed by atoms with Gasteiger partial charge in [-0.3, -0.25) is 0 Å². The molecule has 0 radical (unpaired) electrons. The number of aryl methyl sites for hydroxylation is 1. The number of carbonyl (C=O) groups is 1. The van der Waals surface area contributed by atoms with Crippen molar-refractivity contribution < 1.29 is 9.90 Å². The van der Waals surface area contributed by atoms with E-state index in [2.05, 4.69) is 25.8 Å². The van der Waals surface area contributed by atoms with Crippen LogP contribution in [-0.4, -0.2) is 24.2 Å². The molecule has 0 amide bonds. The van der Waals surface area contributed by atoms with E-state index in [0.29, 0.717) is 11.6 Å². The van der Waals surface area contributed by atoms with E-state index in [-0.39, 0.29) is 0 Å². The normalized spacial score (nSPS) is 12.2. The summed E-state index contributed by atoms with van der Waals surface area (Å²) < 4.78 is 0. The van der Waals surface area contributed by atoms with Crippen LogP contribution >= 0.6 is 0 Å². The topological polar surface area (TPSA) is 40.5 Å². The zero-order chi connectivity index (χ0) is 13.0. The SMILES string of the molecule is CCCC(C)N(C)c1ccc(C(=O)O)c(C)c1. The molecule has 0 heterocycles. The Balaban J connectivity index is 2.93. The van der Waals surface area contributed by atoms with Crippen LogP contribution in [0.5, 0.6) is 0 Å². The third kappa shape index (κ3) is 3.22. The molecule has 0 saturated heterocycles. The monoisotopic (exact) mass is 235 g/mol. The average molecular weight is 235 g/mol. The molecule has 1 aromatic carbocycles. The van der Waals surface area contributed by atoms with Gasteiger partial charge < -0.3 is 10.0 Å². The van der Waals surface area contributed by atoms with Crippen molar-refractivity contribution in [2.24, 2.45) is 0 Å². The fraction of sp³-hybridized carbons (Fsp3) is 0.500. The van der Waals surface area contributed by atoms with Gasteiger partial charge in [0.05, 0.1) is 5.56 Å². The van der Waals surface area contributed by atoms with E-state index in [1.807, 2.05) is 19.1 Å². The summed E-state index contributed by atoms with van der Waals surface area (Å²) in [5.41, 5.74) is 2.27. The number of hydrogen-bond acceptors (Lipinski definition) is 2. The third-order valence-electron chi connectivity index (χ3n) is 3.22. The van der Waals surface area contributed by atoms with Crippen LogP contribution in [0.3, 0.4) is 0 Å². The van der Waals surface area contributed by atoms with Crippen LogP contribution in [0.2, 0.25) is 0 Å². The van der Waals surface area contributed by atoms with Crippen molar-refractivity contribution >= 4 is 11.7 Å². The first-order chi connectivity index (χ1) is 7.97. The molecular formula is C14H21NO2. The molecule has 0 saturated carbocycles. The van der Waals surface area contributed by atoms with E-state index in [9.17, 15) is 4.79 Å². The largest absolute Gasteiger partial charge is 0.478 e. The molecule has 1 unspecified atom stereocenters. The first kappa shape index (κ1) is 13.6. The summed E-state index contributed by atoms with van der Waals surface area (Å²) in [6.45, 7) is 6.19. The number of benzene rings is 1. The van der Waals surface area contributed by atoms with Crippen LogP contribution in [0, 0.1) is 6.92 Å². The predicted octanol–water partition coefficient (Wildman–Crippen LogP) is 3.32. The van der Waals surface area contributed by atoms with Gasteiger partial charge in [-0.25, -0.2) is 4.79 Å². The summed E-state index contributed by atoms with van der Waals surface area (Å²) in [6.07, 6.45) is 2.29. The molecule has 1 atom stereocenters. The summed E-state index contributed by atoms with van der Waals surface area (Å²) in [5, 5.41) is 8.97. The lowest BCUT2D eigenvalue weighted by atomic mass is 10.1. The van der Waals surface area contributed by atoms with Gasteiger partial charge in [0.15, 0.2) is 0 Å². The van der Waals surface area contributed by atoms with E-state index < -0.39 is 5.97 Å². The van der Waals surface area contributed by atoms with Gasteiger partial charge in [0.1, 0.15) is 0 Å². The fourth-order valence-corrected chi connectivity index (χ4v) is 1.97. The van der Waals surface area contributed by atoms with Crippen LogP contribution in [0.15, 0.2) is 18.2 Å². The van der Waals surface area contributed by atoms with Crippen molar-refractivity contribution in [2.45, 2.75) is 39.7 Å². The molecule has 3 nitrogen and oxygen atoms in total. The Morgan fingerprint density at radius 3 is 2.59 bits per heavy atom. The second kappa shape index (κ2) is 5.71. The molecule has 17 heavy (non-hydrogen) atoms. The molecule has 0 bridgehead atoms. The standard InChI is InChI=1S/C14H21NO2/c1-5-6-11(3)15(4)12-7-8-13(14(16)17)10(2)9-12/h7-9,11H,5-6H2,1-4H3,(H,16,17). The van der Waals surface area contributed by atoms with E-state index in [1.165, 1.54) is 0 Å². The second-order valence-electron chi connectivity index (χ2n) is 4.55. The highest BCUT2D eigenvalue weighted by Gasteiger charge is 2.12. The predicted molar refractivity (Wildman–Crippen MR) is 70.9 cm³/mol. The molecule has 0 spiro atoms. The van der Waals surface area contributed by atoms with Gasteiger partial charge in [0, 0.05) is 18.8 Å². The maximum absolute atomic E-state index is 10.9. The van der Waals surface area contributed by atoms with E-state index in [1.54, 1.807) is 6.07 Å². The van der Waals surface area contributed by atoms with Crippen LogP contribution in [0.4, 0.5) is 5.69 Å². The molecule has 0 fully saturated rings. The maximum Gasteiger partial charge on any atom is 0.335 e. The summed E-state index contributed by atoms with van der Waals surface area (Å²) in [4.78, 5) is 13.1. The molecular weight excluding hydrogens is 214 g/mol. The lowest BCUT2D eigenvalue weighted by Gasteiger charge is -2.27. The minimum atomic E-state index is -0.863. The highest BCUT2D eigenvalue weighted by atomic mass is 16.4. The van der Waals surface area contributed by atoms with E-state index >= 15 is 0 Å². The Bertz CT molecular complexity index is 401. The molecule has 0 aliphatic heterocycles. The van der Waals surface area contributed by atoms with Crippen LogP contribution in [0.25, 0.3) is 0 Å². The number of rotatable bonds is 5. The van der Waals surface area contributed by atoms with Gasteiger partial charge in [0.25, 0.3) is 0 Å². The average Bonchev–Trinajstić information content (AvgIpc) is 2.27. The first-order valence-electron chi connectivity index (χ1n) is 6.04. The highest BCUT2D eigenvalue weighted by Crippen LogP contribution is 2.21. The molecule has 0 aromatic heterocycles. The molecule has 94 valence electrons. The maximum atomic E-state index is 10.9. The van der Waals surface area contributed by atoms with Crippen LogP contribution < -0.4 is 4.90 Å². The van der Waals surface area contributed by atoms with Crippen LogP contribution in [-0.2, 0) is 0 Å². The molecule has 0 aliphatic rings. The van der Waals surface area contributed by atoms with Crippen molar-refractivity contribution in [2.75, 3.05) is 11.9 Å². The Hall–Kier alpha value is -1.51. The number of hydrogen-bond donors (Lipinski definition) is 1. The Morgan fingerprint density at radius 2 is 2.12 bits per heavy atom. The van der Waals surface area contributed by atoms with Crippen molar-refractivity contribution in [3.05, 3.63) is 29.3 Å². The molecule has 1 rings (SSSR count). The van der Waals surface area contributed by atoms with Crippen molar-refractivity contribution in [3.63, 3.8) is 0 Å². The van der Waals surface area contributed by atoms with Crippen molar-refractivity contribution in [1.82, 2.24) is 0 Å². The van der Waals surface area contributed by atoms with Gasteiger partial charge >= 0.3 is 5.97 Å². The van der Waals surface area contributed by atoms with Gasteiger partial charge in [-0.2, -0.15) is 0 Å². The molecule has 0 aliphatic carbocycles. The molecule has 1 aromatic rings. The smallest absolute Gasteiger partial charge is 0.335 e. The van der Waals surface area contributed by atoms with Gasteiger partial charge in [-0.15, -0.1) is 0 Å². The zero-order valence-electron chi connectivity index (χ0n) is 11.0. The minimum absolute atomic E-state index is 0.380. The Kier molecular flexibility index (Phi) is 4.55. The number of carboxylic acid groups (broad SMARTS) is 1. The summed E-state index contributed by atoms with van der Waals surface area (Å²) in [5.74, 6) is -0.863. The summed E-state index contributed by atoms with van der Waals surface area (Å²) in [7, 11) is 2.05. The first-order valence-corrected chi connectivity index (χ1v) is 6.04. The highest BCUT2D eigenvalue weighted by molar-refractivity contribution is 5.89. The second-order valence-corrected chi connectivity index (χ2v) is 4.55. The summed E-state index contributed by atoms with van der Waals surface area (Å²) >= 11 is 0. The molecule has 1 N–H and O–H groups in total. The van der Waals surface area contributed by atoms with Crippen molar-refractivity contribution in [3.8, 4) is 0 Å². The lowest BCUT2D eigenvalue weighted by molar-refractivity contribution is 0.0696. The van der Waals surface area contributed by atoms with E-state index in [0.717, 1.165) is 24.1 Å². The van der Waals surface area contributed by atoms with Crippen molar-refractivity contribution in [1.29, 1.82) is 0 Å². The van der Waals surface area contributed by atoms with Crippen LogP contribution in [0.1, 0.15) is 42.6 Å². The summed E-state index contributed by atoms with van der Waals surface area (Å²) in [6, 6.07) is 5.97. The quantitative estimate of drug-likeness (QED) is 0.851. The number of carboxylic acids is 1. The zero-order valence-corrected chi connectivity index (χ0v) is 11.0. The van der Waals surface area contributed by atoms with Gasteiger partial charge in [-0.05, 0) is 44.0 Å². The van der Waals surface area contributed by atoms with Gasteiger partial charge in [0.2, 0.25) is 0 Å². The minimum Gasteiger partial charge on any atom is -0.478 e. The van der Waals surface area contributed by atoms with Gasteiger partial charge in [-0.1, -0.05) is 13.3 Å². The fourth-order valence-electron chi connectivity index (χ4n) is 1.97. The Morgan fingerprint density at radius 1 is 1.47 bits per heavy atom. The lowest BCUT2D eigenvalue weighted by Crippen LogP contribution is -2.28. The Labute approximate surface area is 103 Å². The number of anilines is 1. The number of aromatic carboxylic acids is 1. The third-order valence-corrected chi connectivity index (χ3v) is 3.22.